The molecule has 1 aromatic carbocycles. The first kappa shape index (κ1) is 16.4. The van der Waals surface area contributed by atoms with Crippen molar-refractivity contribution >= 4 is 5.78 Å². The summed E-state index contributed by atoms with van der Waals surface area (Å²) in [4.78, 5) is 14.7. The summed E-state index contributed by atoms with van der Waals surface area (Å²) in [7, 11) is 1.97. The summed E-state index contributed by atoms with van der Waals surface area (Å²) in [6.45, 7) is 1.04. The van der Waals surface area contributed by atoms with E-state index in [1.54, 1.807) is 0 Å². The van der Waals surface area contributed by atoms with E-state index in [1.165, 1.54) is 0 Å². The highest BCUT2D eigenvalue weighted by atomic mass is 19.4. The van der Waals surface area contributed by atoms with Crippen LogP contribution in [-0.2, 0) is 10.9 Å². The molecule has 2 fully saturated rings. The molecule has 2 heterocycles. The Morgan fingerprint density at radius 2 is 1.83 bits per heavy atom. The largest absolute Gasteiger partial charge is 0.416 e. The van der Waals surface area contributed by atoms with Gasteiger partial charge in [-0.3, -0.25) is 9.69 Å². The van der Waals surface area contributed by atoms with Gasteiger partial charge in [-0.25, -0.2) is 4.39 Å². The Hall–Kier alpha value is -1.47. The predicted octanol–water partition coefficient (Wildman–Crippen LogP) is 3.14. The van der Waals surface area contributed by atoms with Crippen molar-refractivity contribution in [2.45, 2.75) is 31.1 Å². The minimum atomic E-state index is -4.62. The zero-order valence-corrected chi connectivity index (χ0v) is 12.6. The Morgan fingerprint density at radius 3 is 2.35 bits per heavy atom. The van der Waals surface area contributed by atoms with Crippen molar-refractivity contribution in [1.82, 2.24) is 4.90 Å². The lowest BCUT2D eigenvalue weighted by atomic mass is 9.81. The number of ether oxygens (including phenoxy) is 1. The molecule has 2 saturated heterocycles. The van der Waals surface area contributed by atoms with Crippen LogP contribution in [0, 0.1) is 11.7 Å². The topological polar surface area (TPSA) is 29.5 Å². The molecule has 0 aliphatic carbocycles. The number of ketones is 1. The number of halogens is 4. The predicted molar refractivity (Wildman–Crippen MR) is 74.6 cm³/mol. The third kappa shape index (κ3) is 3.12. The van der Waals surface area contributed by atoms with Gasteiger partial charge < -0.3 is 4.74 Å². The van der Waals surface area contributed by atoms with Crippen LogP contribution >= 0.6 is 0 Å². The third-order valence-corrected chi connectivity index (χ3v) is 4.82. The smallest absolute Gasteiger partial charge is 0.378 e. The minimum absolute atomic E-state index is 0.0916. The van der Waals surface area contributed by atoms with E-state index < -0.39 is 23.3 Å². The molecule has 0 N–H and O–H groups in total. The van der Waals surface area contributed by atoms with E-state index in [0.717, 1.165) is 12.1 Å². The molecule has 23 heavy (non-hydrogen) atoms. The number of nitrogens with zero attached hydrogens (tertiary/aromatic N) is 1. The summed E-state index contributed by atoms with van der Waals surface area (Å²) in [5.74, 6) is -1.90. The lowest BCUT2D eigenvalue weighted by Gasteiger charge is -2.46. The second kappa shape index (κ2) is 5.87. The van der Waals surface area contributed by atoms with Crippen molar-refractivity contribution in [3.63, 3.8) is 0 Å². The van der Waals surface area contributed by atoms with Crippen molar-refractivity contribution in [2.75, 3.05) is 20.3 Å². The number of rotatable bonds is 2. The number of hydrogen-bond donors (Lipinski definition) is 0. The van der Waals surface area contributed by atoms with Gasteiger partial charge in [0.05, 0.1) is 24.3 Å². The zero-order chi connectivity index (χ0) is 16.8. The number of hydrogen-bond acceptors (Lipinski definition) is 3. The maximum Gasteiger partial charge on any atom is 0.416 e. The van der Waals surface area contributed by atoms with Crippen LogP contribution in [0.4, 0.5) is 17.6 Å². The van der Waals surface area contributed by atoms with E-state index in [-0.39, 0.29) is 23.6 Å². The lowest BCUT2D eigenvalue weighted by molar-refractivity contribution is -0.137. The van der Waals surface area contributed by atoms with Crippen molar-refractivity contribution in [3.05, 3.63) is 35.1 Å². The minimum Gasteiger partial charge on any atom is -0.378 e. The molecule has 0 radical (unpaired) electrons. The van der Waals surface area contributed by atoms with Gasteiger partial charge in [-0.15, -0.1) is 0 Å². The Kier molecular flexibility index (Phi) is 4.18. The highest BCUT2D eigenvalue weighted by molar-refractivity contribution is 5.98. The first-order valence-electron chi connectivity index (χ1n) is 7.48. The van der Waals surface area contributed by atoms with Gasteiger partial charge in [-0.05, 0) is 38.1 Å². The second-order valence-electron chi connectivity index (χ2n) is 6.24. The van der Waals surface area contributed by atoms with Gasteiger partial charge in [-0.1, -0.05) is 0 Å². The quantitative estimate of drug-likeness (QED) is 0.616. The number of fused-ring (bicyclic) bond motifs is 2. The molecule has 2 unspecified atom stereocenters. The van der Waals surface area contributed by atoms with E-state index in [2.05, 4.69) is 4.90 Å². The molecular formula is C16H17F4NO2. The summed E-state index contributed by atoms with van der Waals surface area (Å²) < 4.78 is 57.2. The van der Waals surface area contributed by atoms with E-state index in [4.69, 9.17) is 4.74 Å². The molecule has 0 amide bonds. The monoisotopic (exact) mass is 331 g/mol. The molecule has 126 valence electrons. The molecule has 2 aliphatic rings. The average Bonchev–Trinajstić information content (AvgIpc) is 2.45. The molecule has 3 rings (SSSR count). The van der Waals surface area contributed by atoms with Gasteiger partial charge in [0, 0.05) is 18.0 Å². The van der Waals surface area contributed by atoms with Crippen LogP contribution in [0.25, 0.3) is 0 Å². The SMILES string of the molecule is CN1C2COCC1CC(C(=O)c1ccc(C(F)(F)F)cc1F)C2. The Labute approximate surface area is 131 Å². The van der Waals surface area contributed by atoms with Crippen molar-refractivity contribution in [3.8, 4) is 0 Å². The third-order valence-electron chi connectivity index (χ3n) is 4.82. The molecular weight excluding hydrogens is 314 g/mol. The summed E-state index contributed by atoms with van der Waals surface area (Å²) in [6, 6.07) is 2.29. The fourth-order valence-corrected chi connectivity index (χ4v) is 3.42. The first-order valence-corrected chi connectivity index (χ1v) is 7.48. The number of benzene rings is 1. The Bertz CT molecular complexity index is 603. The number of carbonyl (C=O) groups excluding carboxylic acids is 1. The maximum absolute atomic E-state index is 14.0. The van der Waals surface area contributed by atoms with Crippen LogP contribution in [0.5, 0.6) is 0 Å². The van der Waals surface area contributed by atoms with Crippen molar-refractivity contribution in [1.29, 1.82) is 0 Å². The summed E-state index contributed by atoms with van der Waals surface area (Å²) >= 11 is 0. The van der Waals surface area contributed by atoms with Gasteiger partial charge >= 0.3 is 6.18 Å². The Balaban J connectivity index is 1.81. The average molecular weight is 331 g/mol. The zero-order valence-electron chi connectivity index (χ0n) is 12.6. The van der Waals surface area contributed by atoms with E-state index >= 15 is 0 Å². The second-order valence-corrected chi connectivity index (χ2v) is 6.24. The van der Waals surface area contributed by atoms with Crippen molar-refractivity contribution < 1.29 is 27.1 Å². The lowest BCUT2D eigenvalue weighted by Crippen LogP contribution is -2.55. The van der Waals surface area contributed by atoms with Gasteiger partial charge in [0.2, 0.25) is 0 Å². The molecule has 0 aromatic heterocycles. The first-order chi connectivity index (χ1) is 10.8. The van der Waals surface area contributed by atoms with Crippen LogP contribution in [-0.4, -0.2) is 43.0 Å². The molecule has 2 aliphatic heterocycles. The van der Waals surface area contributed by atoms with Gasteiger partial charge in [0.25, 0.3) is 0 Å². The van der Waals surface area contributed by atoms with Gasteiger partial charge in [-0.2, -0.15) is 13.2 Å². The maximum atomic E-state index is 14.0. The van der Waals surface area contributed by atoms with E-state index in [0.29, 0.717) is 32.1 Å². The van der Waals surface area contributed by atoms with Gasteiger partial charge in [0.15, 0.2) is 5.78 Å². The summed E-state index contributed by atoms with van der Waals surface area (Å²) in [5, 5.41) is 0. The fourth-order valence-electron chi connectivity index (χ4n) is 3.42. The molecule has 1 aromatic rings. The molecule has 2 bridgehead atoms. The fraction of sp³-hybridized carbons (Fsp3) is 0.562. The number of Topliss-reactive ketones (excluding diaryl/α,β-unsaturated/α-hetero) is 1. The van der Waals surface area contributed by atoms with Crippen molar-refractivity contribution in [2.24, 2.45) is 5.92 Å². The standard InChI is InChI=1S/C16H17F4NO2/c1-21-11-4-9(5-12(21)8-23-7-11)15(22)13-3-2-10(6-14(13)17)16(18,19)20/h2-3,6,9,11-12H,4-5,7-8H2,1H3. The molecule has 7 heteroatoms. The van der Waals surface area contributed by atoms with Gasteiger partial charge in [0.1, 0.15) is 5.82 Å². The number of likely N-dealkylation sites (N-methyl/N-ethyl adjacent to an activating group) is 1. The molecule has 0 spiro atoms. The number of carbonyl (C=O) groups is 1. The van der Waals surface area contributed by atoms with Crippen LogP contribution in [0.2, 0.25) is 0 Å². The van der Waals surface area contributed by atoms with E-state index in [1.807, 2.05) is 7.05 Å². The normalized spacial score (nSPS) is 28.7. The molecule has 0 saturated carbocycles. The summed E-state index contributed by atoms with van der Waals surface area (Å²) in [6.07, 6.45) is -3.55. The van der Waals surface area contributed by atoms with Crippen LogP contribution in [0.15, 0.2) is 18.2 Å². The summed E-state index contributed by atoms with van der Waals surface area (Å²) in [5.41, 5.74) is -1.34. The van der Waals surface area contributed by atoms with Crippen LogP contribution in [0.1, 0.15) is 28.8 Å². The number of alkyl halides is 3. The number of morpholine rings is 1. The van der Waals surface area contributed by atoms with Crippen LogP contribution < -0.4 is 0 Å². The van der Waals surface area contributed by atoms with E-state index in [9.17, 15) is 22.4 Å². The Morgan fingerprint density at radius 1 is 1.22 bits per heavy atom. The van der Waals surface area contributed by atoms with Crippen LogP contribution in [0.3, 0.4) is 0 Å². The number of piperidine rings is 1. The highest BCUT2D eigenvalue weighted by Crippen LogP contribution is 2.34. The molecule has 2 atom stereocenters. The molecule has 3 nitrogen and oxygen atoms in total. The highest BCUT2D eigenvalue weighted by Gasteiger charge is 2.40.